The van der Waals surface area contributed by atoms with Gasteiger partial charge < -0.3 is 9.94 Å². The van der Waals surface area contributed by atoms with Gasteiger partial charge in [-0.2, -0.15) is 5.06 Å². The van der Waals surface area contributed by atoms with Crippen molar-refractivity contribution in [3.05, 3.63) is 10.3 Å². The Morgan fingerprint density at radius 3 is 2.71 bits per heavy atom. The fraction of sp³-hybridized carbons (Fsp3) is 0.444. The van der Waals surface area contributed by atoms with Crippen LogP contribution < -0.4 is 0 Å². The van der Waals surface area contributed by atoms with Crippen molar-refractivity contribution in [2.75, 3.05) is 6.54 Å². The molecular weight excluding hydrogens is 266 g/mol. The quantitative estimate of drug-likeness (QED) is 0.600. The number of carbonyl (C=O) groups is 3. The first-order valence-corrected chi connectivity index (χ1v) is 6.43. The van der Waals surface area contributed by atoms with Gasteiger partial charge in [0.1, 0.15) is 0 Å². The van der Waals surface area contributed by atoms with E-state index in [-0.39, 0.29) is 11.0 Å². The predicted octanol–water partition coefficient (Wildman–Crippen LogP) is 0.725. The third-order valence-electron chi connectivity index (χ3n) is 2.31. The molecule has 2 aliphatic rings. The standard InChI is InChI=1S/C9H9NO5S2/c1-4(11)5-3-10(8(5)13)15-6(12)2-7-16-9(14)17-7/h2,4-5,11H,3H2,1H3/t4-,5+/m1/s1. The van der Waals surface area contributed by atoms with E-state index in [1.807, 2.05) is 0 Å². The minimum absolute atomic E-state index is 0.0711. The van der Waals surface area contributed by atoms with Gasteiger partial charge in [-0.25, -0.2) is 4.79 Å². The van der Waals surface area contributed by atoms with Crippen molar-refractivity contribution >= 4 is 39.8 Å². The summed E-state index contributed by atoms with van der Waals surface area (Å²) in [7, 11) is 0. The first-order chi connectivity index (χ1) is 7.97. The predicted molar refractivity (Wildman–Crippen MR) is 61.6 cm³/mol. The van der Waals surface area contributed by atoms with E-state index in [2.05, 4.69) is 0 Å². The average molecular weight is 275 g/mol. The molecule has 2 atom stereocenters. The Kier molecular flexibility index (Phi) is 3.45. The van der Waals surface area contributed by atoms with Crippen molar-refractivity contribution in [3.63, 3.8) is 0 Å². The number of nitrogens with zero attached hydrogens (tertiary/aromatic N) is 1. The second-order valence-electron chi connectivity index (χ2n) is 3.57. The van der Waals surface area contributed by atoms with Gasteiger partial charge in [0.05, 0.1) is 22.8 Å². The molecule has 0 aliphatic carbocycles. The molecule has 0 spiro atoms. The molecule has 0 aromatic rings. The number of hydroxylamine groups is 2. The molecule has 8 heteroatoms. The zero-order chi connectivity index (χ0) is 12.6. The lowest BCUT2D eigenvalue weighted by Gasteiger charge is -2.37. The van der Waals surface area contributed by atoms with Crippen LogP contribution >= 0.6 is 23.5 Å². The summed E-state index contributed by atoms with van der Waals surface area (Å²) in [5.74, 6) is -1.59. The molecule has 0 radical (unpaired) electrons. The van der Waals surface area contributed by atoms with Crippen molar-refractivity contribution in [1.29, 1.82) is 0 Å². The first-order valence-electron chi connectivity index (χ1n) is 4.80. The van der Waals surface area contributed by atoms with E-state index in [4.69, 9.17) is 4.84 Å². The van der Waals surface area contributed by atoms with Crippen LogP contribution in [-0.2, 0) is 14.4 Å². The van der Waals surface area contributed by atoms with E-state index < -0.39 is 23.9 Å². The normalized spacial score (nSPS) is 24.9. The van der Waals surface area contributed by atoms with Crippen LogP contribution in [-0.4, -0.2) is 39.1 Å². The lowest BCUT2D eigenvalue weighted by molar-refractivity contribution is -0.223. The molecule has 1 N–H and O–H groups in total. The molecule has 0 saturated carbocycles. The molecule has 2 saturated heterocycles. The van der Waals surface area contributed by atoms with Crippen LogP contribution in [0.5, 0.6) is 0 Å². The average Bonchev–Trinajstić information content (AvgIpc) is 2.20. The number of aliphatic hydroxyl groups is 1. The van der Waals surface area contributed by atoms with E-state index in [1.165, 1.54) is 13.0 Å². The zero-order valence-corrected chi connectivity index (χ0v) is 10.4. The summed E-state index contributed by atoms with van der Waals surface area (Å²) < 4.78 is 0.485. The number of rotatable bonds is 3. The summed E-state index contributed by atoms with van der Waals surface area (Å²) in [5.41, 5.74) is 0. The molecule has 0 unspecified atom stereocenters. The number of amides is 1. The van der Waals surface area contributed by atoms with Crippen molar-refractivity contribution in [1.82, 2.24) is 5.06 Å². The summed E-state index contributed by atoms with van der Waals surface area (Å²) in [6.07, 6.45) is 0.422. The SMILES string of the molecule is C[C@@H](O)[C@@H]1CN(OC(=O)C=C2SC(=O)S2)C1=O. The van der Waals surface area contributed by atoms with Gasteiger partial charge in [0.15, 0.2) is 0 Å². The van der Waals surface area contributed by atoms with Gasteiger partial charge in [0.2, 0.25) is 0 Å². The Bertz CT molecular complexity index is 410. The summed E-state index contributed by atoms with van der Waals surface area (Å²) in [6, 6.07) is 0. The summed E-state index contributed by atoms with van der Waals surface area (Å²) in [5, 5.41) is 10.1. The summed E-state index contributed by atoms with van der Waals surface area (Å²) in [6.45, 7) is 1.71. The summed E-state index contributed by atoms with van der Waals surface area (Å²) >= 11 is 1.91. The van der Waals surface area contributed by atoms with E-state index in [9.17, 15) is 19.5 Å². The molecule has 2 fully saturated rings. The minimum atomic E-state index is -0.744. The van der Waals surface area contributed by atoms with E-state index in [0.717, 1.165) is 28.6 Å². The van der Waals surface area contributed by atoms with Gasteiger partial charge >= 0.3 is 5.97 Å². The molecule has 2 rings (SSSR count). The largest absolute Gasteiger partial charge is 0.393 e. The second-order valence-corrected chi connectivity index (χ2v) is 6.12. The first kappa shape index (κ1) is 12.5. The highest BCUT2D eigenvalue weighted by Gasteiger charge is 2.42. The molecule has 0 bridgehead atoms. The Hall–Kier alpha value is -0.990. The van der Waals surface area contributed by atoms with Crippen LogP contribution in [0.2, 0.25) is 0 Å². The van der Waals surface area contributed by atoms with Crippen LogP contribution in [0.15, 0.2) is 10.3 Å². The number of hydrogen-bond acceptors (Lipinski definition) is 7. The molecule has 0 aromatic carbocycles. The zero-order valence-electron chi connectivity index (χ0n) is 8.78. The maximum Gasteiger partial charge on any atom is 0.357 e. The molecule has 92 valence electrons. The molecule has 2 aliphatic heterocycles. The van der Waals surface area contributed by atoms with Gasteiger partial charge in [-0.3, -0.25) is 9.59 Å². The minimum Gasteiger partial charge on any atom is -0.393 e. The highest BCUT2D eigenvalue weighted by molar-refractivity contribution is 8.57. The fourth-order valence-corrected chi connectivity index (χ4v) is 2.72. The van der Waals surface area contributed by atoms with Gasteiger partial charge in [-0.15, -0.1) is 0 Å². The topological polar surface area (TPSA) is 83.9 Å². The third-order valence-corrected chi connectivity index (χ3v) is 4.28. The van der Waals surface area contributed by atoms with Crippen molar-refractivity contribution in [3.8, 4) is 0 Å². The van der Waals surface area contributed by atoms with Crippen molar-refractivity contribution < 1.29 is 24.3 Å². The number of carbonyl (C=O) groups excluding carboxylic acids is 3. The van der Waals surface area contributed by atoms with Crippen LogP contribution in [0, 0.1) is 5.92 Å². The van der Waals surface area contributed by atoms with Gasteiger partial charge in [0, 0.05) is 6.08 Å². The monoisotopic (exact) mass is 275 g/mol. The molecule has 1 amide bonds. The molecule has 0 aromatic heterocycles. The number of thioether (sulfide) groups is 2. The van der Waals surface area contributed by atoms with Crippen LogP contribution in [0.3, 0.4) is 0 Å². The highest BCUT2D eigenvalue weighted by atomic mass is 32.3. The molecule has 17 heavy (non-hydrogen) atoms. The fourth-order valence-electron chi connectivity index (χ4n) is 1.32. The Morgan fingerprint density at radius 2 is 2.24 bits per heavy atom. The highest BCUT2D eigenvalue weighted by Crippen LogP contribution is 2.45. The Balaban J connectivity index is 1.80. The second kappa shape index (κ2) is 4.71. The van der Waals surface area contributed by atoms with E-state index in [1.54, 1.807) is 0 Å². The maximum absolute atomic E-state index is 11.4. The van der Waals surface area contributed by atoms with Crippen molar-refractivity contribution in [2.24, 2.45) is 5.92 Å². The van der Waals surface area contributed by atoms with Gasteiger partial charge in [-0.05, 0) is 30.4 Å². The molecule has 6 nitrogen and oxygen atoms in total. The van der Waals surface area contributed by atoms with Crippen LogP contribution in [0.1, 0.15) is 6.92 Å². The van der Waals surface area contributed by atoms with Crippen LogP contribution in [0.25, 0.3) is 0 Å². The van der Waals surface area contributed by atoms with Gasteiger partial charge in [0.25, 0.3) is 10.4 Å². The smallest absolute Gasteiger partial charge is 0.357 e. The number of hydrogen-bond donors (Lipinski definition) is 1. The van der Waals surface area contributed by atoms with E-state index >= 15 is 0 Å². The van der Waals surface area contributed by atoms with Crippen LogP contribution in [0.4, 0.5) is 4.79 Å². The Labute approximate surface area is 105 Å². The Morgan fingerprint density at radius 1 is 1.59 bits per heavy atom. The lowest BCUT2D eigenvalue weighted by atomic mass is 9.96. The van der Waals surface area contributed by atoms with Crippen molar-refractivity contribution in [2.45, 2.75) is 13.0 Å². The molecule has 2 heterocycles. The van der Waals surface area contributed by atoms with E-state index in [0.29, 0.717) is 4.24 Å². The number of aliphatic hydroxyl groups excluding tert-OH is 1. The van der Waals surface area contributed by atoms with Gasteiger partial charge in [-0.1, -0.05) is 0 Å². The molecular formula is C9H9NO5S2. The number of β-lactam (4-membered cyclic amide) rings is 1. The lowest BCUT2D eigenvalue weighted by Crippen LogP contribution is -2.56. The summed E-state index contributed by atoms with van der Waals surface area (Å²) in [4.78, 5) is 38.0. The third kappa shape index (κ3) is 2.64. The maximum atomic E-state index is 11.4.